The zero-order valence-electron chi connectivity index (χ0n) is 15.4. The molecule has 0 bridgehead atoms. The summed E-state index contributed by atoms with van der Waals surface area (Å²) in [6.45, 7) is 9.77. The summed E-state index contributed by atoms with van der Waals surface area (Å²) in [5.74, 6) is 1.75. The van der Waals surface area contributed by atoms with Crippen molar-refractivity contribution in [1.29, 1.82) is 0 Å². The van der Waals surface area contributed by atoms with E-state index in [0.717, 1.165) is 13.0 Å². The highest BCUT2D eigenvalue weighted by Gasteiger charge is 2.46. The van der Waals surface area contributed by atoms with Gasteiger partial charge in [-0.25, -0.2) is 0 Å². The number of hydrogen-bond donors (Lipinski definition) is 0. The van der Waals surface area contributed by atoms with Crippen LogP contribution in [0.4, 0.5) is 0 Å². The van der Waals surface area contributed by atoms with Crippen molar-refractivity contribution in [2.24, 2.45) is 17.8 Å². The quantitative estimate of drug-likeness (QED) is 0.591. The minimum absolute atomic E-state index is 0.0115. The highest BCUT2D eigenvalue weighted by molar-refractivity contribution is 5.79. The number of benzene rings is 1. The molecule has 0 aromatic heterocycles. The van der Waals surface area contributed by atoms with Gasteiger partial charge in [0.2, 0.25) is 0 Å². The molecule has 3 nitrogen and oxygen atoms in total. The average molecular weight is 329 g/mol. The van der Waals surface area contributed by atoms with Crippen molar-refractivity contribution >= 4 is 5.97 Å². The Morgan fingerprint density at radius 1 is 1.17 bits per heavy atom. The first-order valence-electron chi connectivity index (χ1n) is 9.48. The van der Waals surface area contributed by atoms with Crippen molar-refractivity contribution in [2.45, 2.75) is 65.1 Å². The Labute approximate surface area is 146 Å². The second-order valence-corrected chi connectivity index (χ2v) is 8.10. The Morgan fingerprint density at radius 2 is 1.88 bits per heavy atom. The first-order chi connectivity index (χ1) is 11.5. The molecule has 24 heavy (non-hydrogen) atoms. The summed E-state index contributed by atoms with van der Waals surface area (Å²) in [7, 11) is 0. The number of carbonyl (C=O) groups is 1. The van der Waals surface area contributed by atoms with Gasteiger partial charge in [-0.15, -0.1) is 0 Å². The van der Waals surface area contributed by atoms with Gasteiger partial charge in [-0.2, -0.15) is 0 Å². The zero-order valence-corrected chi connectivity index (χ0v) is 15.4. The lowest BCUT2D eigenvalue weighted by atomic mass is 9.75. The van der Waals surface area contributed by atoms with Gasteiger partial charge in [0, 0.05) is 12.6 Å². The smallest absolute Gasteiger partial charge is 0.325 e. The summed E-state index contributed by atoms with van der Waals surface area (Å²) in [6, 6.07) is 10.6. The van der Waals surface area contributed by atoms with E-state index in [9.17, 15) is 4.79 Å². The van der Waals surface area contributed by atoms with Crippen LogP contribution in [0.25, 0.3) is 0 Å². The zero-order chi connectivity index (χ0) is 17.3. The molecule has 2 unspecified atom stereocenters. The second-order valence-electron chi connectivity index (χ2n) is 8.10. The minimum atomic E-state index is -0.0507. The van der Waals surface area contributed by atoms with Gasteiger partial charge in [0.25, 0.3) is 0 Å². The monoisotopic (exact) mass is 329 g/mol. The molecule has 1 aliphatic heterocycles. The normalized spacial score (nSPS) is 34.0. The van der Waals surface area contributed by atoms with Gasteiger partial charge in [-0.3, -0.25) is 9.69 Å². The highest BCUT2D eigenvalue weighted by Crippen LogP contribution is 2.37. The van der Waals surface area contributed by atoms with Crippen LogP contribution in [0.15, 0.2) is 30.3 Å². The summed E-state index contributed by atoms with van der Waals surface area (Å²) in [5.41, 5.74) is 1.26. The highest BCUT2D eigenvalue weighted by atomic mass is 16.5. The molecule has 3 heteroatoms. The molecule has 1 aromatic rings. The van der Waals surface area contributed by atoms with Gasteiger partial charge in [0.15, 0.2) is 0 Å². The topological polar surface area (TPSA) is 29.3 Å². The van der Waals surface area contributed by atoms with Gasteiger partial charge < -0.3 is 4.74 Å². The summed E-state index contributed by atoms with van der Waals surface area (Å²) in [5, 5.41) is 0. The second kappa shape index (κ2) is 7.26. The lowest BCUT2D eigenvalue weighted by molar-refractivity contribution is -0.156. The first-order valence-corrected chi connectivity index (χ1v) is 9.48. The van der Waals surface area contributed by atoms with E-state index in [-0.39, 0.29) is 24.2 Å². The fourth-order valence-electron chi connectivity index (χ4n) is 4.19. The average Bonchev–Trinajstić information content (AvgIpc) is 3.35. The Hall–Kier alpha value is -1.35. The SMILES string of the molecule is CC1CC[C@H](C(C)C)[C@@H](OC(=O)[C@@H]2CN2[C@H](C)c2ccccc2)C1. The standard InChI is InChI=1S/C21H31NO2/c1-14(2)18-11-10-15(3)12-20(18)24-21(23)19-13-22(19)16(4)17-8-6-5-7-9-17/h5-9,14-16,18-20H,10-13H2,1-4H3/t15?,16-,18-,19+,20+,22?/m1/s1. The van der Waals surface area contributed by atoms with Gasteiger partial charge >= 0.3 is 5.97 Å². The molecule has 6 atom stereocenters. The minimum Gasteiger partial charge on any atom is -0.461 e. The number of rotatable bonds is 5. The molecule has 1 saturated heterocycles. The molecule has 2 aliphatic rings. The van der Waals surface area contributed by atoms with Crippen LogP contribution < -0.4 is 0 Å². The number of esters is 1. The van der Waals surface area contributed by atoms with Crippen LogP contribution in [0, 0.1) is 17.8 Å². The van der Waals surface area contributed by atoms with Gasteiger partial charge in [0.1, 0.15) is 12.1 Å². The summed E-state index contributed by atoms with van der Waals surface area (Å²) < 4.78 is 6.00. The number of hydrogen-bond acceptors (Lipinski definition) is 3. The molecule has 0 N–H and O–H groups in total. The van der Waals surface area contributed by atoms with Gasteiger partial charge in [0.05, 0.1) is 0 Å². The number of ether oxygens (including phenoxy) is 1. The Kier molecular flexibility index (Phi) is 5.29. The Morgan fingerprint density at radius 3 is 2.54 bits per heavy atom. The predicted molar refractivity (Wildman–Crippen MR) is 96.6 cm³/mol. The van der Waals surface area contributed by atoms with Gasteiger partial charge in [-0.1, -0.05) is 57.5 Å². The fourth-order valence-corrected chi connectivity index (χ4v) is 4.19. The molecule has 1 aromatic carbocycles. The Bertz CT molecular complexity index is 556. The molecule has 0 radical (unpaired) electrons. The largest absolute Gasteiger partial charge is 0.461 e. The fraction of sp³-hybridized carbons (Fsp3) is 0.667. The molecule has 132 valence electrons. The van der Waals surface area contributed by atoms with E-state index in [1.807, 2.05) is 6.07 Å². The van der Waals surface area contributed by atoms with E-state index in [4.69, 9.17) is 4.74 Å². The van der Waals surface area contributed by atoms with Crippen LogP contribution in [-0.4, -0.2) is 29.6 Å². The summed E-state index contributed by atoms with van der Waals surface area (Å²) >= 11 is 0. The maximum Gasteiger partial charge on any atom is 0.325 e. The molecule has 1 heterocycles. The van der Waals surface area contributed by atoms with Crippen molar-refractivity contribution in [3.05, 3.63) is 35.9 Å². The van der Waals surface area contributed by atoms with E-state index in [0.29, 0.717) is 17.8 Å². The van der Waals surface area contributed by atoms with Crippen LogP contribution in [0.3, 0.4) is 0 Å². The van der Waals surface area contributed by atoms with Crippen LogP contribution in [-0.2, 0) is 9.53 Å². The third-order valence-corrected chi connectivity index (χ3v) is 5.93. The van der Waals surface area contributed by atoms with Crippen LogP contribution >= 0.6 is 0 Å². The molecule has 1 aliphatic carbocycles. The third-order valence-electron chi connectivity index (χ3n) is 5.93. The molecule has 0 spiro atoms. The van der Waals surface area contributed by atoms with E-state index in [1.54, 1.807) is 0 Å². The third kappa shape index (κ3) is 3.83. The van der Waals surface area contributed by atoms with Crippen molar-refractivity contribution in [3.8, 4) is 0 Å². The van der Waals surface area contributed by atoms with Crippen molar-refractivity contribution in [3.63, 3.8) is 0 Å². The van der Waals surface area contributed by atoms with Crippen LogP contribution in [0.5, 0.6) is 0 Å². The molecular formula is C21H31NO2. The number of nitrogens with zero attached hydrogens (tertiary/aromatic N) is 1. The van der Waals surface area contributed by atoms with Crippen LogP contribution in [0.2, 0.25) is 0 Å². The Balaban J connectivity index is 1.57. The molecular weight excluding hydrogens is 298 g/mol. The van der Waals surface area contributed by atoms with E-state index in [1.165, 1.54) is 18.4 Å². The number of carbonyl (C=O) groups excluding carboxylic acids is 1. The van der Waals surface area contributed by atoms with Crippen molar-refractivity contribution in [2.75, 3.05) is 6.54 Å². The predicted octanol–water partition coefficient (Wildman–Crippen LogP) is 4.44. The lowest BCUT2D eigenvalue weighted by Crippen LogP contribution is -2.37. The molecule has 2 fully saturated rings. The van der Waals surface area contributed by atoms with E-state index < -0.39 is 0 Å². The van der Waals surface area contributed by atoms with E-state index >= 15 is 0 Å². The summed E-state index contributed by atoms with van der Waals surface area (Å²) in [4.78, 5) is 14.9. The first kappa shape index (κ1) is 17.5. The maximum atomic E-state index is 12.6. The molecule has 1 saturated carbocycles. The van der Waals surface area contributed by atoms with Crippen molar-refractivity contribution in [1.82, 2.24) is 4.90 Å². The maximum absolute atomic E-state index is 12.6. The van der Waals surface area contributed by atoms with Crippen LogP contribution in [0.1, 0.15) is 58.6 Å². The lowest BCUT2D eigenvalue weighted by Gasteiger charge is -2.36. The van der Waals surface area contributed by atoms with Crippen molar-refractivity contribution < 1.29 is 9.53 Å². The molecule has 3 rings (SSSR count). The van der Waals surface area contributed by atoms with E-state index in [2.05, 4.69) is 56.9 Å². The van der Waals surface area contributed by atoms with Gasteiger partial charge in [-0.05, 0) is 43.1 Å². The summed E-state index contributed by atoms with van der Waals surface area (Å²) in [6.07, 6.45) is 3.58. The molecule has 0 amide bonds.